The zero-order chi connectivity index (χ0) is 18.1. The van der Waals surface area contributed by atoms with E-state index in [9.17, 15) is 4.79 Å². The molecule has 0 radical (unpaired) electrons. The Labute approximate surface area is 153 Å². The Morgan fingerprint density at radius 2 is 2.00 bits per heavy atom. The van der Waals surface area contributed by atoms with Gasteiger partial charge in [-0.25, -0.2) is 14.3 Å². The molecule has 0 N–H and O–H groups in total. The van der Waals surface area contributed by atoms with Crippen molar-refractivity contribution in [1.29, 1.82) is 0 Å². The van der Waals surface area contributed by atoms with E-state index in [0.29, 0.717) is 18.2 Å². The third kappa shape index (κ3) is 2.98. The van der Waals surface area contributed by atoms with E-state index in [1.165, 1.54) is 0 Å². The van der Waals surface area contributed by atoms with Gasteiger partial charge in [-0.15, -0.1) is 0 Å². The lowest BCUT2D eigenvalue weighted by molar-refractivity contribution is 0.0519. The first-order valence-electron chi connectivity index (χ1n) is 9.38. The number of aryl methyl sites for hydroxylation is 1. The number of aromatic nitrogens is 3. The van der Waals surface area contributed by atoms with Gasteiger partial charge in [-0.2, -0.15) is 5.10 Å². The van der Waals surface area contributed by atoms with Crippen LogP contribution in [0, 0.1) is 0 Å². The average Bonchev–Trinajstić information content (AvgIpc) is 3.43. The molecule has 5 nitrogen and oxygen atoms in total. The molecule has 0 spiro atoms. The maximum absolute atomic E-state index is 12.3. The number of rotatable bonds is 6. The van der Waals surface area contributed by atoms with Crippen LogP contribution in [0.15, 0.2) is 36.4 Å². The summed E-state index contributed by atoms with van der Waals surface area (Å²) < 4.78 is 7.12. The SMILES string of the molecule is CCCc1cc(C(=O)OCC)nc2c(-c3ccccc3)c(C3CC3)nn12. The fourth-order valence-corrected chi connectivity index (χ4v) is 3.36. The lowest BCUT2D eigenvalue weighted by Crippen LogP contribution is -2.11. The molecule has 0 amide bonds. The molecule has 3 aromatic rings. The second-order valence-electron chi connectivity index (χ2n) is 6.74. The molecular weight excluding hydrogens is 326 g/mol. The van der Waals surface area contributed by atoms with Crippen LogP contribution in [0.3, 0.4) is 0 Å². The summed E-state index contributed by atoms with van der Waals surface area (Å²) in [5, 5.41) is 4.92. The topological polar surface area (TPSA) is 56.5 Å². The molecule has 1 saturated carbocycles. The molecule has 26 heavy (non-hydrogen) atoms. The van der Waals surface area contributed by atoms with E-state index in [2.05, 4.69) is 24.0 Å². The third-order valence-corrected chi connectivity index (χ3v) is 4.71. The average molecular weight is 349 g/mol. The Hall–Kier alpha value is -2.69. The predicted octanol–water partition coefficient (Wildman–Crippen LogP) is 4.40. The molecule has 0 aliphatic heterocycles. The number of carbonyl (C=O) groups excluding carboxylic acids is 1. The Balaban J connectivity index is 1.98. The number of ether oxygens (including phenoxy) is 1. The molecule has 1 aromatic carbocycles. The van der Waals surface area contributed by atoms with Crippen molar-refractivity contribution in [2.24, 2.45) is 0 Å². The lowest BCUT2D eigenvalue weighted by atomic mass is 10.0. The van der Waals surface area contributed by atoms with Crippen LogP contribution in [-0.2, 0) is 11.2 Å². The van der Waals surface area contributed by atoms with Crippen LogP contribution in [-0.4, -0.2) is 27.2 Å². The molecule has 0 bridgehead atoms. The first-order valence-corrected chi connectivity index (χ1v) is 9.38. The summed E-state index contributed by atoms with van der Waals surface area (Å²) >= 11 is 0. The standard InChI is InChI=1S/C21H23N3O2/c1-3-8-16-13-17(21(25)26-4-2)22-20-18(14-9-6-5-7-10-14)19(15-11-12-15)23-24(16)20/h5-7,9-10,13,15H,3-4,8,11-12H2,1-2H3. The van der Waals surface area contributed by atoms with Crippen LogP contribution < -0.4 is 0 Å². The largest absolute Gasteiger partial charge is 0.461 e. The van der Waals surface area contributed by atoms with Gasteiger partial charge < -0.3 is 4.74 Å². The quantitative estimate of drug-likeness (QED) is 0.619. The summed E-state index contributed by atoms with van der Waals surface area (Å²) in [5.74, 6) is 0.118. The summed E-state index contributed by atoms with van der Waals surface area (Å²) in [6, 6.07) is 12.1. The minimum absolute atomic E-state index is 0.340. The molecule has 5 heteroatoms. The van der Waals surface area contributed by atoms with Gasteiger partial charge in [-0.3, -0.25) is 0 Å². The Morgan fingerprint density at radius 3 is 2.65 bits per heavy atom. The summed E-state index contributed by atoms with van der Waals surface area (Å²) in [6.07, 6.45) is 4.14. The summed E-state index contributed by atoms with van der Waals surface area (Å²) in [5.41, 5.74) is 5.37. The molecule has 1 fully saturated rings. The number of esters is 1. The molecule has 1 aliphatic rings. The van der Waals surface area contributed by atoms with Gasteiger partial charge in [-0.1, -0.05) is 43.7 Å². The van der Waals surface area contributed by atoms with Crippen LogP contribution in [0.1, 0.15) is 60.9 Å². The highest BCUT2D eigenvalue weighted by Crippen LogP contribution is 2.45. The maximum atomic E-state index is 12.3. The molecule has 1 aliphatic carbocycles. The number of benzene rings is 1. The minimum Gasteiger partial charge on any atom is -0.461 e. The van der Waals surface area contributed by atoms with E-state index >= 15 is 0 Å². The first kappa shape index (κ1) is 16.8. The van der Waals surface area contributed by atoms with Crippen LogP contribution >= 0.6 is 0 Å². The Bertz CT molecular complexity index is 943. The van der Waals surface area contributed by atoms with Crippen molar-refractivity contribution in [2.45, 2.75) is 45.4 Å². The fourth-order valence-electron chi connectivity index (χ4n) is 3.36. The number of hydrogen-bond acceptors (Lipinski definition) is 4. The first-order chi connectivity index (χ1) is 12.7. The molecule has 0 atom stereocenters. The van der Waals surface area contributed by atoms with E-state index in [1.807, 2.05) is 35.7 Å². The fraction of sp³-hybridized carbons (Fsp3) is 0.381. The monoisotopic (exact) mass is 349 g/mol. The van der Waals surface area contributed by atoms with Crippen LogP contribution in [0.4, 0.5) is 0 Å². The number of carbonyl (C=O) groups is 1. The zero-order valence-corrected chi connectivity index (χ0v) is 15.2. The van der Waals surface area contributed by atoms with E-state index in [1.54, 1.807) is 0 Å². The number of nitrogens with zero attached hydrogens (tertiary/aromatic N) is 3. The van der Waals surface area contributed by atoms with Gasteiger partial charge in [0.05, 0.1) is 17.9 Å². The van der Waals surface area contributed by atoms with Crippen molar-refractivity contribution in [2.75, 3.05) is 6.61 Å². The normalized spacial score (nSPS) is 13.9. The van der Waals surface area contributed by atoms with Crippen LogP contribution in [0.25, 0.3) is 16.8 Å². The summed E-state index contributed by atoms with van der Waals surface area (Å²) in [6.45, 7) is 4.27. The molecule has 134 valence electrons. The van der Waals surface area contributed by atoms with Crippen molar-refractivity contribution in [3.63, 3.8) is 0 Å². The van der Waals surface area contributed by atoms with Gasteiger partial charge >= 0.3 is 5.97 Å². The molecule has 2 aromatic heterocycles. The van der Waals surface area contributed by atoms with E-state index in [4.69, 9.17) is 9.84 Å². The molecular formula is C21H23N3O2. The van der Waals surface area contributed by atoms with Crippen LogP contribution in [0.5, 0.6) is 0 Å². The predicted molar refractivity (Wildman–Crippen MR) is 100 cm³/mol. The van der Waals surface area contributed by atoms with E-state index in [0.717, 1.165) is 53.8 Å². The maximum Gasteiger partial charge on any atom is 0.357 e. The molecule has 0 saturated heterocycles. The lowest BCUT2D eigenvalue weighted by Gasteiger charge is -2.08. The van der Waals surface area contributed by atoms with Gasteiger partial charge in [0, 0.05) is 11.6 Å². The second kappa shape index (κ2) is 6.90. The highest BCUT2D eigenvalue weighted by Gasteiger charge is 2.32. The van der Waals surface area contributed by atoms with E-state index < -0.39 is 0 Å². The van der Waals surface area contributed by atoms with Gasteiger partial charge in [0.15, 0.2) is 11.3 Å². The van der Waals surface area contributed by atoms with Gasteiger partial charge in [-0.05, 0) is 37.8 Å². The van der Waals surface area contributed by atoms with E-state index in [-0.39, 0.29) is 5.97 Å². The second-order valence-corrected chi connectivity index (χ2v) is 6.74. The highest BCUT2D eigenvalue weighted by molar-refractivity contribution is 5.90. The van der Waals surface area contributed by atoms with Crippen molar-refractivity contribution >= 4 is 11.6 Å². The van der Waals surface area contributed by atoms with Crippen molar-refractivity contribution in [3.8, 4) is 11.1 Å². The van der Waals surface area contributed by atoms with Crippen molar-refractivity contribution < 1.29 is 9.53 Å². The number of hydrogen-bond donors (Lipinski definition) is 0. The molecule has 0 unspecified atom stereocenters. The smallest absolute Gasteiger partial charge is 0.357 e. The van der Waals surface area contributed by atoms with Gasteiger partial charge in [0.2, 0.25) is 0 Å². The van der Waals surface area contributed by atoms with Gasteiger partial charge in [0.25, 0.3) is 0 Å². The van der Waals surface area contributed by atoms with Crippen molar-refractivity contribution in [1.82, 2.24) is 14.6 Å². The minimum atomic E-state index is -0.375. The Morgan fingerprint density at radius 1 is 1.23 bits per heavy atom. The summed E-state index contributed by atoms with van der Waals surface area (Å²) in [4.78, 5) is 17.0. The molecule has 2 heterocycles. The Kier molecular flexibility index (Phi) is 4.45. The zero-order valence-electron chi connectivity index (χ0n) is 15.2. The van der Waals surface area contributed by atoms with Crippen LogP contribution in [0.2, 0.25) is 0 Å². The molecule has 4 rings (SSSR count). The summed E-state index contributed by atoms with van der Waals surface area (Å²) in [7, 11) is 0. The number of fused-ring (bicyclic) bond motifs is 1. The highest BCUT2D eigenvalue weighted by atomic mass is 16.5. The van der Waals surface area contributed by atoms with Gasteiger partial charge in [0.1, 0.15) is 0 Å². The van der Waals surface area contributed by atoms with Crippen molar-refractivity contribution in [3.05, 3.63) is 53.5 Å². The third-order valence-electron chi connectivity index (χ3n) is 4.71.